The Kier molecular flexibility index (Phi) is 2.14. The lowest BCUT2D eigenvalue weighted by Gasteiger charge is -2.00. The number of hydrogen-bond donors (Lipinski definition) is 2. The third-order valence-corrected chi connectivity index (χ3v) is 1.77. The Labute approximate surface area is 72.5 Å². The van der Waals surface area contributed by atoms with Crippen LogP contribution in [0.1, 0.15) is 10.4 Å². The summed E-state index contributed by atoms with van der Waals surface area (Å²) in [7, 11) is 0. The number of amides is 1. The summed E-state index contributed by atoms with van der Waals surface area (Å²) in [5.74, 6) is -0.505. The van der Waals surface area contributed by atoms with Crippen LogP contribution in [0.25, 0.3) is 0 Å². The lowest BCUT2D eigenvalue weighted by molar-refractivity contribution is 0.100. The zero-order valence-corrected chi connectivity index (χ0v) is 7.26. The van der Waals surface area contributed by atoms with Gasteiger partial charge in [-0.3, -0.25) is 4.79 Å². The molecule has 0 radical (unpaired) electrons. The van der Waals surface area contributed by atoms with Gasteiger partial charge in [-0.25, -0.2) is 0 Å². The lowest BCUT2D eigenvalue weighted by atomic mass is 10.2. The molecule has 0 heterocycles. The van der Waals surface area contributed by atoms with Crippen molar-refractivity contribution in [2.75, 3.05) is 5.73 Å². The standard InChI is InChI=1S/C7H7BrN2O/c8-4-1-2-5(7(10)11)6(9)3-4/h1-3H,9H2,(H2,10,11). The molecule has 4 heteroatoms. The molecule has 1 amide bonds. The minimum Gasteiger partial charge on any atom is -0.398 e. The smallest absolute Gasteiger partial charge is 0.250 e. The Balaban J connectivity index is 3.20. The van der Waals surface area contributed by atoms with Gasteiger partial charge >= 0.3 is 0 Å². The van der Waals surface area contributed by atoms with E-state index in [0.717, 1.165) is 4.47 Å². The molecule has 58 valence electrons. The van der Waals surface area contributed by atoms with Crippen LogP contribution in [0, 0.1) is 0 Å². The first-order valence-electron chi connectivity index (χ1n) is 2.96. The fourth-order valence-electron chi connectivity index (χ4n) is 0.758. The average molecular weight is 215 g/mol. The zero-order chi connectivity index (χ0) is 8.43. The summed E-state index contributed by atoms with van der Waals surface area (Å²) in [5.41, 5.74) is 11.3. The molecular formula is C7H7BrN2O. The molecule has 0 aliphatic rings. The lowest BCUT2D eigenvalue weighted by Crippen LogP contribution is -2.13. The Morgan fingerprint density at radius 3 is 2.55 bits per heavy atom. The Morgan fingerprint density at radius 1 is 1.45 bits per heavy atom. The van der Waals surface area contributed by atoms with Crippen LogP contribution in [0.4, 0.5) is 5.69 Å². The molecule has 0 saturated heterocycles. The molecule has 1 aromatic rings. The molecule has 0 aliphatic heterocycles. The van der Waals surface area contributed by atoms with Gasteiger partial charge in [-0.1, -0.05) is 15.9 Å². The van der Waals surface area contributed by atoms with Crippen LogP contribution in [-0.2, 0) is 0 Å². The van der Waals surface area contributed by atoms with Crippen molar-refractivity contribution < 1.29 is 4.79 Å². The first-order valence-corrected chi connectivity index (χ1v) is 3.75. The highest BCUT2D eigenvalue weighted by molar-refractivity contribution is 9.10. The normalized spacial score (nSPS) is 9.55. The summed E-state index contributed by atoms with van der Waals surface area (Å²) in [5, 5.41) is 0. The van der Waals surface area contributed by atoms with E-state index in [9.17, 15) is 4.79 Å². The Hall–Kier alpha value is -1.03. The number of nitrogens with two attached hydrogens (primary N) is 2. The SMILES string of the molecule is NC(=O)c1ccc(Br)cc1N. The van der Waals surface area contributed by atoms with E-state index < -0.39 is 5.91 Å². The molecule has 11 heavy (non-hydrogen) atoms. The van der Waals surface area contributed by atoms with Gasteiger partial charge in [0.1, 0.15) is 0 Å². The van der Waals surface area contributed by atoms with Crippen molar-refractivity contribution in [1.82, 2.24) is 0 Å². The van der Waals surface area contributed by atoms with Crippen molar-refractivity contribution in [3.05, 3.63) is 28.2 Å². The molecular weight excluding hydrogens is 208 g/mol. The molecule has 0 spiro atoms. The highest BCUT2D eigenvalue weighted by Gasteiger charge is 2.03. The average Bonchev–Trinajstić information content (AvgIpc) is 1.85. The van der Waals surface area contributed by atoms with E-state index >= 15 is 0 Å². The second-order valence-corrected chi connectivity index (χ2v) is 3.01. The number of halogens is 1. The number of hydrogen-bond acceptors (Lipinski definition) is 2. The van der Waals surface area contributed by atoms with Crippen LogP contribution in [-0.4, -0.2) is 5.91 Å². The zero-order valence-electron chi connectivity index (χ0n) is 5.67. The van der Waals surface area contributed by atoms with Gasteiger partial charge in [0.05, 0.1) is 5.56 Å². The minimum atomic E-state index is -0.505. The predicted molar refractivity (Wildman–Crippen MR) is 47.1 cm³/mol. The minimum absolute atomic E-state index is 0.355. The number of nitrogen functional groups attached to an aromatic ring is 1. The van der Waals surface area contributed by atoms with E-state index in [4.69, 9.17) is 11.5 Å². The fourth-order valence-corrected chi connectivity index (χ4v) is 1.14. The van der Waals surface area contributed by atoms with Gasteiger partial charge in [-0.15, -0.1) is 0 Å². The van der Waals surface area contributed by atoms with Crippen molar-refractivity contribution >= 4 is 27.5 Å². The summed E-state index contributed by atoms with van der Waals surface area (Å²) in [6, 6.07) is 4.94. The molecule has 0 aliphatic carbocycles. The second-order valence-electron chi connectivity index (χ2n) is 2.10. The summed E-state index contributed by atoms with van der Waals surface area (Å²) < 4.78 is 0.833. The van der Waals surface area contributed by atoms with Crippen molar-refractivity contribution in [1.29, 1.82) is 0 Å². The number of primary amides is 1. The van der Waals surface area contributed by atoms with Crippen LogP contribution in [0.3, 0.4) is 0 Å². The maximum absolute atomic E-state index is 10.7. The molecule has 0 atom stereocenters. The van der Waals surface area contributed by atoms with Crippen molar-refractivity contribution in [3.63, 3.8) is 0 Å². The molecule has 0 aromatic heterocycles. The van der Waals surface area contributed by atoms with Crippen LogP contribution in [0.2, 0.25) is 0 Å². The topological polar surface area (TPSA) is 69.1 Å². The first kappa shape index (κ1) is 8.07. The predicted octanol–water partition coefficient (Wildman–Crippen LogP) is 1.13. The Morgan fingerprint density at radius 2 is 2.09 bits per heavy atom. The molecule has 4 N–H and O–H groups in total. The monoisotopic (exact) mass is 214 g/mol. The summed E-state index contributed by atoms with van der Waals surface area (Å²) in [6.07, 6.45) is 0. The Bertz CT molecular complexity index is 298. The maximum atomic E-state index is 10.7. The number of rotatable bonds is 1. The highest BCUT2D eigenvalue weighted by atomic mass is 79.9. The van der Waals surface area contributed by atoms with Gasteiger partial charge in [-0.05, 0) is 18.2 Å². The van der Waals surface area contributed by atoms with E-state index in [1.807, 2.05) is 0 Å². The third kappa shape index (κ3) is 1.71. The molecule has 1 aromatic carbocycles. The molecule has 0 unspecified atom stereocenters. The van der Waals surface area contributed by atoms with Gasteiger partial charge in [0.15, 0.2) is 0 Å². The van der Waals surface area contributed by atoms with Gasteiger partial charge in [0.2, 0.25) is 0 Å². The molecule has 1 rings (SSSR count). The molecule has 0 bridgehead atoms. The van der Waals surface area contributed by atoms with Crippen LogP contribution in [0.5, 0.6) is 0 Å². The van der Waals surface area contributed by atoms with E-state index in [1.54, 1.807) is 18.2 Å². The number of benzene rings is 1. The summed E-state index contributed by atoms with van der Waals surface area (Å²) in [4.78, 5) is 10.7. The second kappa shape index (κ2) is 2.92. The van der Waals surface area contributed by atoms with E-state index in [2.05, 4.69) is 15.9 Å². The van der Waals surface area contributed by atoms with Crippen molar-refractivity contribution in [3.8, 4) is 0 Å². The summed E-state index contributed by atoms with van der Waals surface area (Å²) >= 11 is 3.21. The maximum Gasteiger partial charge on any atom is 0.250 e. The van der Waals surface area contributed by atoms with Gasteiger partial charge in [-0.2, -0.15) is 0 Å². The number of anilines is 1. The van der Waals surface area contributed by atoms with Gasteiger partial charge in [0.25, 0.3) is 5.91 Å². The number of carbonyl (C=O) groups excluding carboxylic acids is 1. The van der Waals surface area contributed by atoms with E-state index in [-0.39, 0.29) is 0 Å². The van der Waals surface area contributed by atoms with Crippen LogP contribution in [0.15, 0.2) is 22.7 Å². The molecule has 0 fully saturated rings. The van der Waals surface area contributed by atoms with Crippen molar-refractivity contribution in [2.24, 2.45) is 5.73 Å². The molecule has 3 nitrogen and oxygen atoms in total. The third-order valence-electron chi connectivity index (χ3n) is 1.28. The van der Waals surface area contributed by atoms with Gasteiger partial charge in [0, 0.05) is 10.2 Å². The van der Waals surface area contributed by atoms with Crippen LogP contribution < -0.4 is 11.5 Å². The van der Waals surface area contributed by atoms with E-state index in [1.165, 1.54) is 0 Å². The first-order chi connectivity index (χ1) is 5.11. The molecule has 0 saturated carbocycles. The fraction of sp³-hybridized carbons (Fsp3) is 0. The quantitative estimate of drug-likeness (QED) is 0.689. The highest BCUT2D eigenvalue weighted by Crippen LogP contribution is 2.17. The largest absolute Gasteiger partial charge is 0.398 e. The van der Waals surface area contributed by atoms with E-state index in [0.29, 0.717) is 11.3 Å². The van der Waals surface area contributed by atoms with Crippen LogP contribution >= 0.6 is 15.9 Å². The summed E-state index contributed by atoms with van der Waals surface area (Å²) in [6.45, 7) is 0. The van der Waals surface area contributed by atoms with Gasteiger partial charge < -0.3 is 11.5 Å². The van der Waals surface area contributed by atoms with Crippen molar-refractivity contribution in [2.45, 2.75) is 0 Å². The number of carbonyl (C=O) groups is 1.